The van der Waals surface area contributed by atoms with Gasteiger partial charge in [0.25, 0.3) is 0 Å². The Labute approximate surface area is 110 Å². The van der Waals surface area contributed by atoms with Gasteiger partial charge in [0, 0.05) is 26.1 Å². The van der Waals surface area contributed by atoms with Crippen molar-refractivity contribution in [3.05, 3.63) is 0 Å². The summed E-state index contributed by atoms with van der Waals surface area (Å²) in [5.41, 5.74) is 5.03. The standard InChI is InChI=1S/C13H27N3O2/c1-4-5-11-10-13(12(14)17,6-9-18-11)15-7-8-16(2)3/h11,15H,4-10H2,1-3H3,(H2,14,17). The van der Waals surface area contributed by atoms with Crippen LogP contribution in [-0.4, -0.2) is 56.2 Å². The molecule has 1 aliphatic heterocycles. The first-order chi connectivity index (χ1) is 8.50. The number of carbonyl (C=O) groups is 1. The molecule has 1 heterocycles. The summed E-state index contributed by atoms with van der Waals surface area (Å²) in [4.78, 5) is 13.9. The lowest BCUT2D eigenvalue weighted by atomic mass is 9.84. The molecule has 0 bridgehead atoms. The summed E-state index contributed by atoms with van der Waals surface area (Å²) >= 11 is 0. The predicted octanol–water partition coefficient (Wildman–Crippen LogP) is 0.341. The smallest absolute Gasteiger partial charge is 0.237 e. The molecule has 0 aliphatic carbocycles. The van der Waals surface area contributed by atoms with Crippen molar-refractivity contribution in [3.8, 4) is 0 Å². The van der Waals surface area contributed by atoms with Crippen LogP contribution in [0.4, 0.5) is 0 Å². The van der Waals surface area contributed by atoms with Crippen LogP contribution in [0.1, 0.15) is 32.6 Å². The summed E-state index contributed by atoms with van der Waals surface area (Å²) in [6.45, 7) is 4.41. The Hall–Kier alpha value is -0.650. The highest BCUT2D eigenvalue weighted by Crippen LogP contribution is 2.27. The fourth-order valence-electron chi connectivity index (χ4n) is 2.45. The lowest BCUT2D eigenvalue weighted by Gasteiger charge is -2.39. The molecule has 3 N–H and O–H groups in total. The van der Waals surface area contributed by atoms with Crippen molar-refractivity contribution < 1.29 is 9.53 Å². The van der Waals surface area contributed by atoms with Crippen molar-refractivity contribution >= 4 is 5.91 Å². The van der Waals surface area contributed by atoms with Crippen molar-refractivity contribution in [1.29, 1.82) is 0 Å². The zero-order valence-electron chi connectivity index (χ0n) is 11.9. The van der Waals surface area contributed by atoms with Gasteiger partial charge >= 0.3 is 0 Å². The third kappa shape index (κ3) is 4.23. The average molecular weight is 257 g/mol. The van der Waals surface area contributed by atoms with Gasteiger partial charge in [-0.15, -0.1) is 0 Å². The monoisotopic (exact) mass is 257 g/mol. The number of nitrogens with zero attached hydrogens (tertiary/aromatic N) is 1. The fraction of sp³-hybridized carbons (Fsp3) is 0.923. The summed E-state index contributed by atoms with van der Waals surface area (Å²) in [5, 5.41) is 3.36. The van der Waals surface area contributed by atoms with Gasteiger partial charge in [-0.2, -0.15) is 0 Å². The molecule has 1 amide bonds. The number of rotatable bonds is 7. The zero-order chi connectivity index (χ0) is 13.6. The molecule has 1 fully saturated rings. The lowest BCUT2D eigenvalue weighted by Crippen LogP contribution is -2.60. The molecule has 106 valence electrons. The van der Waals surface area contributed by atoms with Crippen LogP contribution in [0.15, 0.2) is 0 Å². The largest absolute Gasteiger partial charge is 0.378 e. The molecular formula is C13H27N3O2. The number of primary amides is 1. The number of hydrogen-bond acceptors (Lipinski definition) is 4. The van der Waals surface area contributed by atoms with Crippen molar-refractivity contribution in [3.63, 3.8) is 0 Å². The van der Waals surface area contributed by atoms with Crippen molar-refractivity contribution in [2.75, 3.05) is 33.8 Å². The Bertz CT molecular complexity index is 269. The summed E-state index contributed by atoms with van der Waals surface area (Å²) in [7, 11) is 4.03. The first kappa shape index (κ1) is 15.4. The Kier molecular flexibility index (Phi) is 6.05. The van der Waals surface area contributed by atoms with E-state index in [4.69, 9.17) is 10.5 Å². The summed E-state index contributed by atoms with van der Waals surface area (Å²) in [6.07, 6.45) is 3.59. The molecule has 2 unspecified atom stereocenters. The molecule has 0 spiro atoms. The van der Waals surface area contributed by atoms with Crippen molar-refractivity contribution in [1.82, 2.24) is 10.2 Å². The van der Waals surface area contributed by atoms with E-state index in [9.17, 15) is 4.79 Å². The minimum atomic E-state index is -0.575. The van der Waals surface area contributed by atoms with Crippen LogP contribution in [0.2, 0.25) is 0 Å². The molecule has 0 aromatic rings. The molecule has 0 aromatic carbocycles. The van der Waals surface area contributed by atoms with Gasteiger partial charge in [-0.3, -0.25) is 4.79 Å². The second-order valence-electron chi connectivity index (χ2n) is 5.41. The summed E-state index contributed by atoms with van der Waals surface area (Å²) in [5.74, 6) is -0.245. The molecule has 1 saturated heterocycles. The average Bonchev–Trinajstić information content (AvgIpc) is 2.29. The fourth-order valence-corrected chi connectivity index (χ4v) is 2.45. The zero-order valence-corrected chi connectivity index (χ0v) is 11.9. The Morgan fingerprint density at radius 2 is 2.28 bits per heavy atom. The molecule has 0 aromatic heterocycles. The second-order valence-corrected chi connectivity index (χ2v) is 5.41. The summed E-state index contributed by atoms with van der Waals surface area (Å²) in [6, 6.07) is 0. The van der Waals surface area contributed by atoms with E-state index in [1.54, 1.807) is 0 Å². The number of nitrogens with one attached hydrogen (secondary N) is 1. The Morgan fingerprint density at radius 3 is 2.83 bits per heavy atom. The van der Waals surface area contributed by atoms with Crippen LogP contribution in [0, 0.1) is 0 Å². The SMILES string of the molecule is CCCC1CC(NCCN(C)C)(C(N)=O)CCO1. The quantitative estimate of drug-likeness (QED) is 0.690. The van der Waals surface area contributed by atoms with Crippen LogP contribution in [0.5, 0.6) is 0 Å². The molecule has 2 atom stereocenters. The molecule has 0 radical (unpaired) electrons. The van der Waals surface area contributed by atoms with E-state index < -0.39 is 5.54 Å². The van der Waals surface area contributed by atoms with E-state index >= 15 is 0 Å². The normalized spacial score (nSPS) is 28.6. The number of carbonyl (C=O) groups excluding carboxylic acids is 1. The maximum Gasteiger partial charge on any atom is 0.237 e. The van der Waals surface area contributed by atoms with Gasteiger partial charge in [0.05, 0.1) is 6.10 Å². The third-order valence-corrected chi connectivity index (χ3v) is 3.56. The molecule has 18 heavy (non-hydrogen) atoms. The molecule has 1 rings (SSSR count). The first-order valence-electron chi connectivity index (χ1n) is 6.81. The third-order valence-electron chi connectivity index (χ3n) is 3.56. The maximum atomic E-state index is 11.8. The number of ether oxygens (including phenoxy) is 1. The molecule has 5 nitrogen and oxygen atoms in total. The van der Waals surface area contributed by atoms with Crippen LogP contribution in [0.3, 0.4) is 0 Å². The van der Waals surface area contributed by atoms with Crippen molar-refractivity contribution in [2.24, 2.45) is 5.73 Å². The van der Waals surface area contributed by atoms with E-state index in [2.05, 4.69) is 17.1 Å². The Morgan fingerprint density at radius 1 is 1.56 bits per heavy atom. The van der Waals surface area contributed by atoms with Gasteiger partial charge in [0.1, 0.15) is 5.54 Å². The minimum Gasteiger partial charge on any atom is -0.378 e. The highest BCUT2D eigenvalue weighted by molar-refractivity contribution is 5.84. The van der Waals surface area contributed by atoms with Crippen LogP contribution in [-0.2, 0) is 9.53 Å². The van der Waals surface area contributed by atoms with Crippen LogP contribution in [0.25, 0.3) is 0 Å². The summed E-state index contributed by atoms with van der Waals surface area (Å²) < 4.78 is 5.69. The minimum absolute atomic E-state index is 0.156. The molecule has 1 aliphatic rings. The number of hydrogen-bond donors (Lipinski definition) is 2. The molecular weight excluding hydrogens is 230 g/mol. The van der Waals surface area contributed by atoms with E-state index in [1.165, 1.54) is 0 Å². The van der Waals surface area contributed by atoms with E-state index in [0.717, 1.165) is 25.9 Å². The number of nitrogens with two attached hydrogens (primary N) is 1. The van der Waals surface area contributed by atoms with E-state index in [-0.39, 0.29) is 12.0 Å². The van der Waals surface area contributed by atoms with Gasteiger partial charge in [0.15, 0.2) is 0 Å². The topological polar surface area (TPSA) is 67.6 Å². The molecule has 0 saturated carbocycles. The van der Waals surface area contributed by atoms with E-state index in [0.29, 0.717) is 19.4 Å². The lowest BCUT2D eigenvalue weighted by molar-refractivity contribution is -0.131. The Balaban J connectivity index is 2.58. The van der Waals surface area contributed by atoms with Crippen molar-refractivity contribution in [2.45, 2.75) is 44.2 Å². The van der Waals surface area contributed by atoms with Gasteiger partial charge in [-0.05, 0) is 26.9 Å². The van der Waals surface area contributed by atoms with E-state index in [1.807, 2.05) is 14.1 Å². The van der Waals surface area contributed by atoms with Gasteiger partial charge in [-0.25, -0.2) is 0 Å². The number of amides is 1. The van der Waals surface area contributed by atoms with Gasteiger partial charge in [-0.1, -0.05) is 13.3 Å². The predicted molar refractivity (Wildman–Crippen MR) is 72.4 cm³/mol. The molecule has 5 heteroatoms. The van der Waals surface area contributed by atoms with Gasteiger partial charge < -0.3 is 20.7 Å². The van der Waals surface area contributed by atoms with Crippen LogP contribution < -0.4 is 11.1 Å². The maximum absolute atomic E-state index is 11.8. The number of likely N-dealkylation sites (N-methyl/N-ethyl adjacent to an activating group) is 1. The highest BCUT2D eigenvalue weighted by Gasteiger charge is 2.41. The first-order valence-corrected chi connectivity index (χ1v) is 6.81. The van der Waals surface area contributed by atoms with Crippen LogP contribution >= 0.6 is 0 Å². The van der Waals surface area contributed by atoms with Gasteiger partial charge in [0.2, 0.25) is 5.91 Å². The second kappa shape index (κ2) is 7.07. The highest BCUT2D eigenvalue weighted by atomic mass is 16.5.